The number of hydrogen-bond donors (Lipinski definition) is 0. The molecule has 0 saturated carbocycles. The fourth-order valence-corrected chi connectivity index (χ4v) is 2.13. The van der Waals surface area contributed by atoms with E-state index in [-0.39, 0.29) is 18.2 Å². The van der Waals surface area contributed by atoms with Crippen molar-refractivity contribution in [1.82, 2.24) is 25.0 Å². The summed E-state index contributed by atoms with van der Waals surface area (Å²) in [7, 11) is 0. The van der Waals surface area contributed by atoms with Gasteiger partial charge in [-0.25, -0.2) is 23.4 Å². The Bertz CT molecular complexity index is 833. The third-order valence-corrected chi connectivity index (χ3v) is 3.59. The molecule has 130 valence electrons. The van der Waals surface area contributed by atoms with Gasteiger partial charge in [0.05, 0.1) is 11.9 Å². The van der Waals surface area contributed by atoms with E-state index in [1.165, 1.54) is 16.8 Å². The molecule has 0 bridgehead atoms. The lowest BCUT2D eigenvalue weighted by Gasteiger charge is -2.05. The summed E-state index contributed by atoms with van der Waals surface area (Å²) in [5, 5.41) is 7.91. The Balaban J connectivity index is 1.66. The molecule has 3 rings (SSSR count). The van der Waals surface area contributed by atoms with Gasteiger partial charge in [-0.3, -0.25) is 0 Å². The molecule has 8 heteroatoms. The van der Waals surface area contributed by atoms with Crippen molar-refractivity contribution >= 4 is 0 Å². The summed E-state index contributed by atoms with van der Waals surface area (Å²) in [6.07, 6.45) is 2.53. The highest BCUT2D eigenvalue weighted by atomic mass is 19.3. The monoisotopic (exact) mass is 345 g/mol. The molecular formula is C17H17F2N5O. The summed E-state index contributed by atoms with van der Waals surface area (Å²) in [5.41, 5.74) is 2.01. The first-order valence-electron chi connectivity index (χ1n) is 7.77. The van der Waals surface area contributed by atoms with Gasteiger partial charge in [0.15, 0.2) is 0 Å². The molecule has 3 aromatic rings. The van der Waals surface area contributed by atoms with Gasteiger partial charge in [0.1, 0.15) is 12.3 Å². The minimum atomic E-state index is -2.53. The summed E-state index contributed by atoms with van der Waals surface area (Å²) in [4.78, 5) is 8.28. The maximum absolute atomic E-state index is 12.8. The minimum Gasteiger partial charge on any atom is -0.457 e. The topological polar surface area (TPSA) is 65.7 Å². The van der Waals surface area contributed by atoms with E-state index in [0.717, 1.165) is 5.56 Å². The van der Waals surface area contributed by atoms with Gasteiger partial charge in [-0.2, -0.15) is 0 Å². The number of rotatable bonds is 6. The molecule has 2 aromatic heterocycles. The Morgan fingerprint density at radius 3 is 2.56 bits per heavy atom. The fourth-order valence-electron chi connectivity index (χ4n) is 2.13. The molecule has 2 heterocycles. The maximum atomic E-state index is 12.8. The molecule has 0 aliphatic carbocycles. The Morgan fingerprint density at radius 1 is 1.12 bits per heavy atom. The number of benzene rings is 1. The van der Waals surface area contributed by atoms with Crippen molar-refractivity contribution in [2.75, 3.05) is 0 Å². The molecule has 1 aromatic carbocycles. The smallest absolute Gasteiger partial charge is 0.316 e. The van der Waals surface area contributed by atoms with Crippen molar-refractivity contribution in [2.45, 2.75) is 32.8 Å². The van der Waals surface area contributed by atoms with E-state index in [0.29, 0.717) is 17.3 Å². The molecule has 6 nitrogen and oxygen atoms in total. The fraction of sp³-hybridized carbons (Fsp3) is 0.294. The Hall–Kier alpha value is -2.90. The van der Waals surface area contributed by atoms with Crippen LogP contribution in [0.15, 0.2) is 42.9 Å². The predicted octanol–water partition coefficient (Wildman–Crippen LogP) is 3.70. The van der Waals surface area contributed by atoms with Crippen LogP contribution in [0.25, 0.3) is 5.69 Å². The Labute approximate surface area is 143 Å². The molecule has 0 radical (unpaired) electrons. The molecular weight excluding hydrogens is 328 g/mol. The van der Waals surface area contributed by atoms with Crippen molar-refractivity contribution in [1.29, 1.82) is 0 Å². The second-order valence-electron chi connectivity index (χ2n) is 5.79. The lowest BCUT2D eigenvalue weighted by atomic mass is 10.1. The van der Waals surface area contributed by atoms with Gasteiger partial charge in [-0.05, 0) is 23.6 Å². The van der Waals surface area contributed by atoms with Gasteiger partial charge in [0, 0.05) is 18.0 Å². The van der Waals surface area contributed by atoms with E-state index in [4.69, 9.17) is 4.74 Å². The molecule has 0 N–H and O–H groups in total. The average Bonchev–Trinajstić information content (AvgIpc) is 3.09. The zero-order chi connectivity index (χ0) is 17.8. The van der Waals surface area contributed by atoms with Crippen LogP contribution in [0.4, 0.5) is 8.78 Å². The molecule has 0 saturated heterocycles. The van der Waals surface area contributed by atoms with Crippen molar-refractivity contribution < 1.29 is 13.5 Å². The van der Waals surface area contributed by atoms with Crippen molar-refractivity contribution in [3.05, 3.63) is 59.7 Å². The van der Waals surface area contributed by atoms with E-state index in [1.54, 1.807) is 30.7 Å². The van der Waals surface area contributed by atoms with Crippen LogP contribution in [0.1, 0.15) is 43.0 Å². The van der Waals surface area contributed by atoms with Gasteiger partial charge < -0.3 is 4.74 Å². The van der Waals surface area contributed by atoms with Crippen molar-refractivity contribution in [3.8, 4) is 11.7 Å². The van der Waals surface area contributed by atoms with Crippen LogP contribution >= 0.6 is 0 Å². The molecule has 25 heavy (non-hydrogen) atoms. The van der Waals surface area contributed by atoms with E-state index in [1.807, 2.05) is 0 Å². The van der Waals surface area contributed by atoms with Gasteiger partial charge in [-0.1, -0.05) is 31.2 Å². The number of ether oxygens (including phenoxy) is 1. The van der Waals surface area contributed by atoms with Gasteiger partial charge >= 0.3 is 6.01 Å². The molecule has 0 unspecified atom stereocenters. The maximum Gasteiger partial charge on any atom is 0.316 e. The zero-order valence-corrected chi connectivity index (χ0v) is 13.8. The first-order valence-corrected chi connectivity index (χ1v) is 7.77. The van der Waals surface area contributed by atoms with Gasteiger partial charge in [0.25, 0.3) is 6.43 Å². The number of aromatic nitrogens is 5. The van der Waals surface area contributed by atoms with Crippen LogP contribution in [0.5, 0.6) is 6.01 Å². The summed E-state index contributed by atoms with van der Waals surface area (Å²) < 4.78 is 32.5. The minimum absolute atomic E-state index is 0.0653. The third kappa shape index (κ3) is 4.14. The van der Waals surface area contributed by atoms with Gasteiger partial charge in [0.2, 0.25) is 0 Å². The molecule has 0 amide bonds. The van der Waals surface area contributed by atoms with Crippen LogP contribution in [0, 0.1) is 0 Å². The molecule has 0 aliphatic heterocycles. The highest BCUT2D eigenvalue weighted by Gasteiger charge is 2.10. The van der Waals surface area contributed by atoms with Crippen molar-refractivity contribution in [2.24, 2.45) is 0 Å². The van der Waals surface area contributed by atoms with E-state index < -0.39 is 6.43 Å². The zero-order valence-electron chi connectivity index (χ0n) is 13.8. The molecule has 0 fully saturated rings. The second-order valence-corrected chi connectivity index (χ2v) is 5.79. The first kappa shape index (κ1) is 16.9. The van der Waals surface area contributed by atoms with Crippen LogP contribution in [-0.4, -0.2) is 25.0 Å². The molecule has 0 atom stereocenters. The van der Waals surface area contributed by atoms with Crippen LogP contribution in [-0.2, 0) is 6.61 Å². The SMILES string of the molecule is CC(C)c1cnc(OCc2cn(-c3cccc(C(F)F)c3)nn2)nc1. The first-order chi connectivity index (χ1) is 12.0. The predicted molar refractivity (Wildman–Crippen MR) is 86.8 cm³/mol. The standard InChI is InChI=1S/C17H17F2N5O/c1-11(2)13-7-20-17(21-8-13)25-10-14-9-24(23-22-14)15-5-3-4-12(6-15)16(18)19/h3-9,11,16H,10H2,1-2H3. The van der Waals surface area contributed by atoms with E-state index in [2.05, 4.69) is 34.1 Å². The lowest BCUT2D eigenvalue weighted by molar-refractivity contribution is 0.151. The normalized spacial score (nSPS) is 11.3. The van der Waals surface area contributed by atoms with Gasteiger partial charge in [-0.15, -0.1) is 5.10 Å². The van der Waals surface area contributed by atoms with Crippen LogP contribution in [0.3, 0.4) is 0 Å². The van der Waals surface area contributed by atoms with Crippen LogP contribution in [0.2, 0.25) is 0 Å². The summed E-state index contributed by atoms with van der Waals surface area (Å²) in [6, 6.07) is 6.22. The Morgan fingerprint density at radius 2 is 1.88 bits per heavy atom. The second kappa shape index (κ2) is 7.33. The lowest BCUT2D eigenvalue weighted by Crippen LogP contribution is -2.01. The average molecular weight is 345 g/mol. The third-order valence-electron chi connectivity index (χ3n) is 3.59. The Kier molecular flexibility index (Phi) is 4.97. The summed E-state index contributed by atoms with van der Waals surface area (Å²) >= 11 is 0. The van der Waals surface area contributed by atoms with E-state index in [9.17, 15) is 8.78 Å². The van der Waals surface area contributed by atoms with E-state index >= 15 is 0 Å². The highest BCUT2D eigenvalue weighted by Crippen LogP contribution is 2.21. The summed E-state index contributed by atoms with van der Waals surface area (Å²) in [5.74, 6) is 0.345. The highest BCUT2D eigenvalue weighted by molar-refractivity contribution is 5.35. The van der Waals surface area contributed by atoms with Crippen molar-refractivity contribution in [3.63, 3.8) is 0 Å². The number of halogens is 2. The number of alkyl halides is 2. The molecule has 0 spiro atoms. The summed E-state index contributed by atoms with van der Waals surface area (Å²) in [6.45, 7) is 4.25. The number of hydrogen-bond acceptors (Lipinski definition) is 5. The largest absolute Gasteiger partial charge is 0.457 e. The number of nitrogens with zero attached hydrogens (tertiary/aromatic N) is 5. The quantitative estimate of drug-likeness (QED) is 0.681. The van der Waals surface area contributed by atoms with Crippen LogP contribution < -0.4 is 4.74 Å². The molecule has 0 aliphatic rings.